The molecule has 4 saturated carbocycles. The predicted octanol–water partition coefficient (Wildman–Crippen LogP) is 5.70. The molecule has 4 fully saturated rings. The van der Waals surface area contributed by atoms with Gasteiger partial charge in [0.1, 0.15) is 0 Å². The lowest BCUT2D eigenvalue weighted by atomic mass is 9.43. The highest BCUT2D eigenvalue weighted by Crippen LogP contribution is 2.68. The summed E-state index contributed by atoms with van der Waals surface area (Å²) < 4.78 is 4.88. The SMILES string of the molecule is COC(=O)CCC(C)C1CCC2C3CCC4CC(NC(=O)c5ccccc5C(=O)O)CCC4(C)C3CC(O)C12C. The van der Waals surface area contributed by atoms with Crippen LogP contribution in [0, 0.1) is 46.3 Å². The first kappa shape index (κ1) is 29.1. The molecule has 0 bridgehead atoms. The highest BCUT2D eigenvalue weighted by molar-refractivity contribution is 6.04. The fourth-order valence-electron chi connectivity index (χ4n) is 10.1. The Balaban J connectivity index is 1.27. The molecule has 10 atom stereocenters. The van der Waals surface area contributed by atoms with E-state index in [4.69, 9.17) is 4.74 Å². The van der Waals surface area contributed by atoms with Crippen molar-refractivity contribution in [2.24, 2.45) is 46.3 Å². The van der Waals surface area contributed by atoms with Gasteiger partial charge in [0.15, 0.2) is 0 Å². The monoisotopic (exact) mass is 553 g/mol. The van der Waals surface area contributed by atoms with Crippen LogP contribution in [-0.2, 0) is 9.53 Å². The van der Waals surface area contributed by atoms with Gasteiger partial charge in [-0.15, -0.1) is 0 Å². The van der Waals surface area contributed by atoms with Crippen LogP contribution in [0.15, 0.2) is 24.3 Å². The maximum Gasteiger partial charge on any atom is 0.336 e. The highest BCUT2D eigenvalue weighted by atomic mass is 16.5. The maximum absolute atomic E-state index is 13.1. The van der Waals surface area contributed by atoms with Gasteiger partial charge in [-0.1, -0.05) is 32.9 Å². The highest BCUT2D eigenvalue weighted by Gasteiger charge is 2.63. The fourth-order valence-corrected chi connectivity index (χ4v) is 10.1. The summed E-state index contributed by atoms with van der Waals surface area (Å²) in [6, 6.07) is 6.45. The standard InChI is InChI=1S/C33H47NO6/c1-19(9-14-29(36)40-4)25-12-13-26-24-11-10-20-17-21(34-30(37)22-7-5-6-8-23(22)31(38)39)15-16-32(20,2)27(24)18-28(35)33(25,26)3/h5-8,19-21,24-28,35H,9-18H2,1-4H3,(H,34,37)(H,38,39). The average Bonchev–Trinajstić information content (AvgIpc) is 3.31. The number of benzene rings is 1. The van der Waals surface area contributed by atoms with Crippen LogP contribution in [0.25, 0.3) is 0 Å². The number of carbonyl (C=O) groups is 3. The Morgan fingerprint density at radius 1 is 1.02 bits per heavy atom. The van der Waals surface area contributed by atoms with Crippen LogP contribution >= 0.6 is 0 Å². The normalized spacial score (nSPS) is 39.3. The molecule has 220 valence electrons. The Morgan fingerprint density at radius 2 is 1.75 bits per heavy atom. The van der Waals surface area contributed by atoms with Gasteiger partial charge in [0.2, 0.25) is 0 Å². The maximum atomic E-state index is 13.1. The lowest BCUT2D eigenvalue weighted by molar-refractivity contribution is -0.169. The van der Waals surface area contributed by atoms with Gasteiger partial charge in [-0.3, -0.25) is 9.59 Å². The van der Waals surface area contributed by atoms with Crippen LogP contribution in [-0.4, -0.2) is 47.3 Å². The van der Waals surface area contributed by atoms with E-state index in [1.807, 2.05) is 0 Å². The molecule has 0 spiro atoms. The van der Waals surface area contributed by atoms with Crippen molar-refractivity contribution in [3.05, 3.63) is 35.4 Å². The first-order valence-electron chi connectivity index (χ1n) is 15.4. The number of aromatic carboxylic acids is 1. The van der Waals surface area contributed by atoms with Gasteiger partial charge in [0, 0.05) is 12.5 Å². The number of fused-ring (bicyclic) bond motifs is 5. The molecular formula is C33H47NO6. The minimum Gasteiger partial charge on any atom is -0.478 e. The van der Waals surface area contributed by atoms with E-state index in [2.05, 4.69) is 26.1 Å². The molecule has 0 heterocycles. The van der Waals surface area contributed by atoms with Crippen LogP contribution in [0.4, 0.5) is 0 Å². The summed E-state index contributed by atoms with van der Waals surface area (Å²) >= 11 is 0. The summed E-state index contributed by atoms with van der Waals surface area (Å²) in [4.78, 5) is 36.5. The third kappa shape index (κ3) is 4.86. The van der Waals surface area contributed by atoms with Crippen LogP contribution in [0.2, 0.25) is 0 Å². The van der Waals surface area contributed by atoms with E-state index >= 15 is 0 Å². The number of methoxy groups -OCH3 is 1. The lowest BCUT2D eigenvalue weighted by Gasteiger charge is -2.62. The van der Waals surface area contributed by atoms with E-state index in [1.165, 1.54) is 19.6 Å². The van der Waals surface area contributed by atoms with E-state index in [9.17, 15) is 24.6 Å². The second kappa shape index (κ2) is 11.1. The van der Waals surface area contributed by atoms with Crippen molar-refractivity contribution in [1.29, 1.82) is 0 Å². The van der Waals surface area contributed by atoms with Gasteiger partial charge in [-0.25, -0.2) is 4.79 Å². The summed E-state index contributed by atoms with van der Waals surface area (Å²) in [5, 5.41) is 24.5. The van der Waals surface area contributed by atoms with Crippen molar-refractivity contribution >= 4 is 17.8 Å². The van der Waals surface area contributed by atoms with Gasteiger partial charge >= 0.3 is 11.9 Å². The lowest BCUT2D eigenvalue weighted by Crippen LogP contribution is -2.59. The number of rotatable bonds is 7. The van der Waals surface area contributed by atoms with Crippen molar-refractivity contribution in [2.75, 3.05) is 7.11 Å². The number of esters is 1. The summed E-state index contributed by atoms with van der Waals surface area (Å²) in [6.45, 7) is 7.02. The van der Waals surface area contributed by atoms with Gasteiger partial charge in [-0.2, -0.15) is 0 Å². The van der Waals surface area contributed by atoms with Crippen molar-refractivity contribution in [3.63, 3.8) is 0 Å². The molecule has 7 nitrogen and oxygen atoms in total. The largest absolute Gasteiger partial charge is 0.478 e. The zero-order chi connectivity index (χ0) is 28.8. The first-order valence-corrected chi connectivity index (χ1v) is 15.4. The van der Waals surface area contributed by atoms with E-state index in [1.54, 1.807) is 18.2 Å². The van der Waals surface area contributed by atoms with Crippen LogP contribution in [0.3, 0.4) is 0 Å². The fraction of sp³-hybridized carbons (Fsp3) is 0.727. The molecule has 1 aromatic rings. The molecule has 0 aromatic heterocycles. The van der Waals surface area contributed by atoms with E-state index in [0.29, 0.717) is 41.9 Å². The van der Waals surface area contributed by atoms with Crippen molar-refractivity contribution < 1.29 is 29.3 Å². The summed E-state index contributed by atoms with van der Waals surface area (Å²) in [5.41, 5.74) is 0.288. The first-order chi connectivity index (χ1) is 19.0. The van der Waals surface area contributed by atoms with Crippen LogP contribution in [0.5, 0.6) is 0 Å². The Hall–Kier alpha value is -2.41. The Morgan fingerprint density at radius 3 is 2.45 bits per heavy atom. The second-order valence-corrected chi connectivity index (χ2v) is 13.8. The van der Waals surface area contributed by atoms with Crippen molar-refractivity contribution in [3.8, 4) is 0 Å². The number of carboxylic acid groups (broad SMARTS) is 1. The number of carboxylic acids is 1. The average molecular weight is 554 g/mol. The Labute approximate surface area is 238 Å². The molecule has 0 saturated heterocycles. The van der Waals surface area contributed by atoms with Crippen LogP contribution in [0.1, 0.15) is 106 Å². The van der Waals surface area contributed by atoms with E-state index in [-0.39, 0.29) is 46.0 Å². The summed E-state index contributed by atoms with van der Waals surface area (Å²) in [6.07, 6.45) is 9.14. The smallest absolute Gasteiger partial charge is 0.336 e. The molecule has 0 aliphatic heterocycles. The molecule has 4 aliphatic rings. The molecule has 0 radical (unpaired) electrons. The zero-order valence-electron chi connectivity index (χ0n) is 24.5. The number of aliphatic hydroxyl groups excluding tert-OH is 1. The summed E-state index contributed by atoms with van der Waals surface area (Å²) in [5.74, 6) is 1.33. The van der Waals surface area contributed by atoms with Gasteiger partial charge in [0.25, 0.3) is 5.91 Å². The summed E-state index contributed by atoms with van der Waals surface area (Å²) in [7, 11) is 1.45. The number of ether oxygens (including phenoxy) is 1. The number of hydrogen-bond acceptors (Lipinski definition) is 5. The molecular weight excluding hydrogens is 506 g/mol. The molecule has 4 aliphatic carbocycles. The number of nitrogens with one attached hydrogen (secondary N) is 1. The van der Waals surface area contributed by atoms with Crippen LogP contribution < -0.4 is 5.32 Å². The number of hydrogen-bond donors (Lipinski definition) is 3. The minimum absolute atomic E-state index is 0.0364. The number of amides is 1. The molecule has 40 heavy (non-hydrogen) atoms. The number of aliphatic hydroxyl groups is 1. The van der Waals surface area contributed by atoms with Crippen molar-refractivity contribution in [1.82, 2.24) is 5.32 Å². The topological polar surface area (TPSA) is 113 Å². The Bertz CT molecular complexity index is 1140. The molecule has 1 aromatic carbocycles. The number of carbonyl (C=O) groups excluding carboxylic acids is 2. The van der Waals surface area contributed by atoms with Crippen molar-refractivity contribution in [2.45, 2.75) is 97.1 Å². The quantitative estimate of drug-likeness (QED) is 0.373. The molecule has 10 unspecified atom stereocenters. The van der Waals surface area contributed by atoms with Gasteiger partial charge in [-0.05, 0) is 116 Å². The molecule has 3 N–H and O–H groups in total. The second-order valence-electron chi connectivity index (χ2n) is 13.8. The van der Waals surface area contributed by atoms with Gasteiger partial charge in [0.05, 0.1) is 24.3 Å². The van der Waals surface area contributed by atoms with E-state index < -0.39 is 5.97 Å². The molecule has 7 heteroatoms. The predicted molar refractivity (Wildman–Crippen MR) is 152 cm³/mol. The third-order valence-corrected chi connectivity index (χ3v) is 12.3. The molecule has 5 rings (SSSR count). The third-order valence-electron chi connectivity index (χ3n) is 12.3. The molecule has 1 amide bonds. The zero-order valence-corrected chi connectivity index (χ0v) is 24.5. The minimum atomic E-state index is -1.09. The Kier molecular flexibility index (Phi) is 8.08. The van der Waals surface area contributed by atoms with Gasteiger partial charge < -0.3 is 20.3 Å². The van der Waals surface area contributed by atoms with E-state index in [0.717, 1.165) is 51.4 Å².